The first kappa shape index (κ1) is 13.7. The van der Waals surface area contributed by atoms with Crippen molar-refractivity contribution in [3.63, 3.8) is 0 Å². The van der Waals surface area contributed by atoms with E-state index in [1.54, 1.807) is 11.3 Å². The van der Waals surface area contributed by atoms with Gasteiger partial charge in [-0.15, -0.1) is 11.3 Å². The molecular formula is C12H16BrN3OS. The molecule has 4 nitrogen and oxygen atoms in total. The quantitative estimate of drug-likeness (QED) is 0.916. The minimum atomic E-state index is 0.0679. The normalized spacial score (nSPS) is 13.2. The summed E-state index contributed by atoms with van der Waals surface area (Å²) in [5.41, 5.74) is 6.91. The highest BCUT2D eigenvalue weighted by Gasteiger charge is 2.19. The highest BCUT2D eigenvalue weighted by atomic mass is 79.9. The Balaban J connectivity index is 2.08. The molecule has 2 aromatic heterocycles. The molecule has 2 N–H and O–H groups in total. The van der Waals surface area contributed by atoms with Gasteiger partial charge >= 0.3 is 0 Å². The van der Waals surface area contributed by atoms with E-state index in [2.05, 4.69) is 31.2 Å². The van der Waals surface area contributed by atoms with Crippen LogP contribution in [0.15, 0.2) is 26.6 Å². The second-order valence-corrected chi connectivity index (χ2v) is 6.01. The van der Waals surface area contributed by atoms with E-state index < -0.39 is 0 Å². The van der Waals surface area contributed by atoms with Gasteiger partial charge in [0, 0.05) is 18.5 Å². The summed E-state index contributed by atoms with van der Waals surface area (Å²) < 4.78 is 6.31. The standard InChI is InChI=1S/C12H16BrN3OS/c1-8-15-9(7-18-8)6-16(2)10(5-14)11-3-4-12(13)17-11/h3-4,7,10H,5-6,14H2,1-2H3. The molecule has 1 atom stereocenters. The number of nitrogens with two attached hydrogens (primary N) is 1. The largest absolute Gasteiger partial charge is 0.453 e. The zero-order valence-electron chi connectivity index (χ0n) is 10.4. The predicted octanol–water partition coefficient (Wildman–Crippen LogP) is 2.94. The van der Waals surface area contributed by atoms with Crippen LogP contribution in [0.2, 0.25) is 0 Å². The van der Waals surface area contributed by atoms with E-state index in [9.17, 15) is 0 Å². The third kappa shape index (κ3) is 3.20. The fraction of sp³-hybridized carbons (Fsp3) is 0.417. The maximum atomic E-state index is 5.84. The molecule has 2 aromatic rings. The third-order valence-corrected chi connectivity index (χ3v) is 4.00. The van der Waals surface area contributed by atoms with Crippen LogP contribution < -0.4 is 5.73 Å². The molecule has 0 aliphatic carbocycles. The number of furan rings is 1. The number of rotatable bonds is 5. The van der Waals surface area contributed by atoms with Gasteiger partial charge in [0.05, 0.1) is 16.7 Å². The molecule has 0 aliphatic heterocycles. The minimum Gasteiger partial charge on any atom is -0.453 e. The Kier molecular flexibility index (Phi) is 4.55. The Morgan fingerprint density at radius 1 is 1.56 bits per heavy atom. The van der Waals surface area contributed by atoms with Gasteiger partial charge in [-0.05, 0) is 42.0 Å². The summed E-state index contributed by atoms with van der Waals surface area (Å²) in [7, 11) is 2.03. The first-order chi connectivity index (χ1) is 8.60. The van der Waals surface area contributed by atoms with Crippen LogP contribution in [0.4, 0.5) is 0 Å². The second kappa shape index (κ2) is 5.97. The number of hydrogen-bond donors (Lipinski definition) is 1. The number of hydrogen-bond acceptors (Lipinski definition) is 5. The van der Waals surface area contributed by atoms with Gasteiger partial charge in [-0.3, -0.25) is 4.90 Å². The van der Waals surface area contributed by atoms with Crippen molar-refractivity contribution in [2.75, 3.05) is 13.6 Å². The predicted molar refractivity (Wildman–Crippen MR) is 76.5 cm³/mol. The van der Waals surface area contributed by atoms with Gasteiger partial charge < -0.3 is 10.2 Å². The van der Waals surface area contributed by atoms with Gasteiger partial charge in [-0.2, -0.15) is 0 Å². The number of likely N-dealkylation sites (N-methyl/N-ethyl adjacent to an activating group) is 1. The Morgan fingerprint density at radius 2 is 2.33 bits per heavy atom. The smallest absolute Gasteiger partial charge is 0.169 e. The van der Waals surface area contributed by atoms with E-state index in [1.165, 1.54) is 0 Å². The molecule has 0 aromatic carbocycles. The van der Waals surface area contributed by atoms with E-state index in [0.717, 1.165) is 27.7 Å². The first-order valence-corrected chi connectivity index (χ1v) is 7.34. The Hall–Kier alpha value is -0.690. The summed E-state index contributed by atoms with van der Waals surface area (Å²) in [4.78, 5) is 6.61. The zero-order chi connectivity index (χ0) is 13.1. The van der Waals surface area contributed by atoms with Crippen molar-refractivity contribution in [3.8, 4) is 0 Å². The monoisotopic (exact) mass is 329 g/mol. The van der Waals surface area contributed by atoms with Crippen LogP contribution >= 0.6 is 27.3 Å². The molecule has 0 saturated heterocycles. The SMILES string of the molecule is Cc1nc(CN(C)C(CN)c2ccc(Br)o2)cs1. The molecule has 0 radical (unpaired) electrons. The number of thiazole rings is 1. The van der Waals surface area contributed by atoms with Crippen molar-refractivity contribution in [1.82, 2.24) is 9.88 Å². The van der Waals surface area contributed by atoms with Crippen LogP contribution in [0, 0.1) is 6.92 Å². The Morgan fingerprint density at radius 3 is 2.83 bits per heavy atom. The fourth-order valence-electron chi connectivity index (χ4n) is 1.87. The van der Waals surface area contributed by atoms with E-state index >= 15 is 0 Å². The van der Waals surface area contributed by atoms with Crippen molar-refractivity contribution in [3.05, 3.63) is 38.6 Å². The molecule has 0 aliphatic rings. The van der Waals surface area contributed by atoms with Crippen molar-refractivity contribution in [1.29, 1.82) is 0 Å². The third-order valence-electron chi connectivity index (χ3n) is 2.76. The lowest BCUT2D eigenvalue weighted by Gasteiger charge is -2.24. The molecule has 18 heavy (non-hydrogen) atoms. The number of nitrogens with zero attached hydrogens (tertiary/aromatic N) is 2. The highest BCUT2D eigenvalue weighted by Crippen LogP contribution is 2.25. The molecule has 0 spiro atoms. The molecule has 0 saturated carbocycles. The lowest BCUT2D eigenvalue weighted by Crippen LogP contribution is -2.30. The average molecular weight is 330 g/mol. The molecule has 2 rings (SSSR count). The van der Waals surface area contributed by atoms with Gasteiger partial charge in [-0.25, -0.2) is 4.98 Å². The lowest BCUT2D eigenvalue weighted by molar-refractivity contribution is 0.209. The number of aromatic nitrogens is 1. The van der Waals surface area contributed by atoms with E-state index in [1.807, 2.05) is 26.1 Å². The number of aryl methyl sites for hydroxylation is 1. The molecule has 1 unspecified atom stereocenters. The summed E-state index contributed by atoms with van der Waals surface area (Å²) in [5, 5.41) is 3.17. The van der Waals surface area contributed by atoms with E-state index in [0.29, 0.717) is 6.54 Å². The van der Waals surface area contributed by atoms with Crippen LogP contribution in [-0.4, -0.2) is 23.5 Å². The maximum absolute atomic E-state index is 5.84. The molecule has 0 bridgehead atoms. The highest BCUT2D eigenvalue weighted by molar-refractivity contribution is 9.10. The van der Waals surface area contributed by atoms with Gasteiger partial charge in [0.25, 0.3) is 0 Å². The Labute approximate surface area is 119 Å². The minimum absolute atomic E-state index is 0.0679. The van der Waals surface area contributed by atoms with Crippen LogP contribution in [-0.2, 0) is 6.54 Å². The first-order valence-electron chi connectivity index (χ1n) is 5.66. The van der Waals surface area contributed by atoms with Gasteiger partial charge in [0.15, 0.2) is 4.67 Å². The fourth-order valence-corrected chi connectivity index (χ4v) is 2.79. The molecule has 98 valence electrons. The summed E-state index contributed by atoms with van der Waals surface area (Å²) in [6.07, 6.45) is 0. The van der Waals surface area contributed by atoms with Crippen LogP contribution in [0.1, 0.15) is 22.5 Å². The molecule has 2 heterocycles. The molecule has 0 fully saturated rings. The summed E-state index contributed by atoms with van der Waals surface area (Å²) in [6.45, 7) is 3.29. The second-order valence-electron chi connectivity index (χ2n) is 4.17. The van der Waals surface area contributed by atoms with Crippen molar-refractivity contribution >= 4 is 27.3 Å². The lowest BCUT2D eigenvalue weighted by atomic mass is 10.2. The Bertz CT molecular complexity index is 511. The zero-order valence-corrected chi connectivity index (χ0v) is 12.8. The molecular weight excluding hydrogens is 314 g/mol. The van der Waals surface area contributed by atoms with Crippen molar-refractivity contribution in [2.24, 2.45) is 5.73 Å². The topological polar surface area (TPSA) is 55.3 Å². The van der Waals surface area contributed by atoms with Gasteiger partial charge in [0.2, 0.25) is 0 Å². The molecule has 6 heteroatoms. The van der Waals surface area contributed by atoms with Crippen LogP contribution in [0.5, 0.6) is 0 Å². The van der Waals surface area contributed by atoms with Crippen molar-refractivity contribution < 1.29 is 4.42 Å². The van der Waals surface area contributed by atoms with E-state index in [-0.39, 0.29) is 6.04 Å². The van der Waals surface area contributed by atoms with Gasteiger partial charge in [0.1, 0.15) is 5.76 Å². The van der Waals surface area contributed by atoms with Crippen LogP contribution in [0.25, 0.3) is 0 Å². The summed E-state index contributed by atoms with van der Waals surface area (Å²) in [6, 6.07) is 3.90. The van der Waals surface area contributed by atoms with Gasteiger partial charge in [-0.1, -0.05) is 0 Å². The van der Waals surface area contributed by atoms with Crippen molar-refractivity contribution in [2.45, 2.75) is 19.5 Å². The average Bonchev–Trinajstić information content (AvgIpc) is 2.89. The molecule has 0 amide bonds. The van der Waals surface area contributed by atoms with E-state index in [4.69, 9.17) is 10.2 Å². The summed E-state index contributed by atoms with van der Waals surface area (Å²) in [5.74, 6) is 0.874. The number of halogens is 1. The maximum Gasteiger partial charge on any atom is 0.169 e. The van der Waals surface area contributed by atoms with Crippen LogP contribution in [0.3, 0.4) is 0 Å². The summed E-state index contributed by atoms with van der Waals surface area (Å²) >= 11 is 4.98.